The zero-order chi connectivity index (χ0) is 19.5. The van der Waals surface area contributed by atoms with E-state index in [4.69, 9.17) is 11.6 Å². The van der Waals surface area contributed by atoms with Crippen LogP contribution in [0.15, 0.2) is 53.9 Å². The summed E-state index contributed by atoms with van der Waals surface area (Å²) < 4.78 is 12.7. The molecule has 0 aliphatic heterocycles. The van der Waals surface area contributed by atoms with Crippen LogP contribution in [0.2, 0.25) is 5.02 Å². The van der Waals surface area contributed by atoms with Gasteiger partial charge in [-0.05, 0) is 36.8 Å². The summed E-state index contributed by atoms with van der Waals surface area (Å²) >= 11 is 7.52. The standard InChI is InChI=1S/C21H18ClN3OS2/c1-14-20(25-19-5-3-2-4-18(19)23-14)13-28(26)12-17-11-27-21(24-17)10-15-6-8-16(22)9-7-15/h2-9,11H,10,12-13H2,1H3/t28-/m0/s1. The first-order chi connectivity index (χ1) is 13.6. The molecule has 2 aromatic carbocycles. The van der Waals surface area contributed by atoms with Crippen molar-refractivity contribution in [2.24, 2.45) is 0 Å². The molecule has 7 heteroatoms. The lowest BCUT2D eigenvalue weighted by Gasteiger charge is -2.06. The fraction of sp³-hybridized carbons (Fsp3) is 0.190. The van der Waals surface area contributed by atoms with Gasteiger partial charge in [-0.1, -0.05) is 35.9 Å². The lowest BCUT2D eigenvalue weighted by molar-refractivity contribution is 0.681. The van der Waals surface area contributed by atoms with Crippen molar-refractivity contribution in [3.8, 4) is 0 Å². The zero-order valence-electron chi connectivity index (χ0n) is 15.3. The molecule has 0 aliphatic carbocycles. The molecule has 4 rings (SSSR count). The first kappa shape index (κ1) is 19.2. The van der Waals surface area contributed by atoms with Crippen LogP contribution in [0.3, 0.4) is 0 Å². The summed E-state index contributed by atoms with van der Waals surface area (Å²) in [4.78, 5) is 13.9. The van der Waals surface area contributed by atoms with Gasteiger partial charge >= 0.3 is 0 Å². The Morgan fingerprint density at radius 3 is 2.43 bits per heavy atom. The van der Waals surface area contributed by atoms with Crippen molar-refractivity contribution in [2.75, 3.05) is 0 Å². The van der Waals surface area contributed by atoms with Gasteiger partial charge in [0.1, 0.15) is 0 Å². The van der Waals surface area contributed by atoms with E-state index < -0.39 is 10.8 Å². The second kappa shape index (κ2) is 8.47. The van der Waals surface area contributed by atoms with E-state index in [0.29, 0.717) is 11.5 Å². The molecule has 0 saturated heterocycles. The molecule has 0 aliphatic rings. The van der Waals surface area contributed by atoms with E-state index in [-0.39, 0.29) is 0 Å². The number of benzene rings is 2. The van der Waals surface area contributed by atoms with Gasteiger partial charge in [-0.15, -0.1) is 11.3 Å². The van der Waals surface area contributed by atoms with Gasteiger partial charge in [-0.2, -0.15) is 0 Å². The molecule has 0 fully saturated rings. The smallest absolute Gasteiger partial charge is 0.0972 e. The minimum absolute atomic E-state index is 0.383. The Morgan fingerprint density at radius 2 is 1.68 bits per heavy atom. The Morgan fingerprint density at radius 1 is 0.964 bits per heavy atom. The average Bonchev–Trinajstić information content (AvgIpc) is 3.11. The van der Waals surface area contributed by atoms with Crippen LogP contribution in [0.1, 0.15) is 27.7 Å². The summed E-state index contributed by atoms with van der Waals surface area (Å²) in [6.07, 6.45) is 0.754. The number of halogens is 1. The molecule has 28 heavy (non-hydrogen) atoms. The lowest BCUT2D eigenvalue weighted by atomic mass is 10.2. The van der Waals surface area contributed by atoms with Gasteiger partial charge in [0.15, 0.2) is 0 Å². The second-order valence-electron chi connectivity index (χ2n) is 6.51. The van der Waals surface area contributed by atoms with E-state index in [2.05, 4.69) is 15.0 Å². The van der Waals surface area contributed by atoms with Gasteiger partial charge in [0.2, 0.25) is 0 Å². The van der Waals surface area contributed by atoms with Crippen LogP contribution >= 0.6 is 22.9 Å². The monoisotopic (exact) mass is 427 g/mol. The highest BCUT2D eigenvalue weighted by Gasteiger charge is 2.12. The molecule has 0 spiro atoms. The number of hydrogen-bond donors (Lipinski definition) is 0. The minimum Gasteiger partial charge on any atom is -0.259 e. The Hall–Kier alpha value is -2.15. The highest BCUT2D eigenvalue weighted by atomic mass is 35.5. The maximum Gasteiger partial charge on any atom is 0.0972 e. The number of nitrogens with zero attached hydrogens (tertiary/aromatic N) is 3. The second-order valence-corrected chi connectivity index (χ2v) is 9.34. The number of aromatic nitrogens is 3. The molecular formula is C21H18ClN3OS2. The number of aryl methyl sites for hydroxylation is 1. The van der Waals surface area contributed by atoms with Gasteiger partial charge in [0.25, 0.3) is 0 Å². The first-order valence-electron chi connectivity index (χ1n) is 8.82. The predicted octanol–water partition coefficient (Wildman–Crippen LogP) is 5.09. The van der Waals surface area contributed by atoms with Crippen LogP contribution in [-0.4, -0.2) is 19.2 Å². The van der Waals surface area contributed by atoms with Crippen LogP contribution in [0.25, 0.3) is 11.0 Å². The number of fused-ring (bicyclic) bond motifs is 1. The van der Waals surface area contributed by atoms with Crippen molar-refractivity contribution >= 4 is 44.8 Å². The van der Waals surface area contributed by atoms with E-state index in [0.717, 1.165) is 50.1 Å². The third-order valence-corrected chi connectivity index (χ3v) is 6.68. The highest BCUT2D eigenvalue weighted by molar-refractivity contribution is 7.83. The summed E-state index contributed by atoms with van der Waals surface area (Å²) in [5, 5.41) is 3.73. The summed E-state index contributed by atoms with van der Waals surface area (Å²) in [6.45, 7) is 1.92. The molecule has 0 unspecified atom stereocenters. The first-order valence-corrected chi connectivity index (χ1v) is 11.6. The summed E-state index contributed by atoms with van der Waals surface area (Å²) in [7, 11) is -1.09. The molecule has 0 bridgehead atoms. The van der Waals surface area contributed by atoms with Crippen molar-refractivity contribution < 1.29 is 4.21 Å². The van der Waals surface area contributed by atoms with Crippen molar-refractivity contribution in [2.45, 2.75) is 24.9 Å². The highest BCUT2D eigenvalue weighted by Crippen LogP contribution is 2.19. The third kappa shape index (κ3) is 4.63. The van der Waals surface area contributed by atoms with Gasteiger partial charge in [0.05, 0.1) is 44.6 Å². The van der Waals surface area contributed by atoms with Gasteiger partial charge in [-0.3, -0.25) is 4.21 Å². The van der Waals surface area contributed by atoms with E-state index >= 15 is 0 Å². The van der Waals surface area contributed by atoms with Crippen LogP contribution in [0.5, 0.6) is 0 Å². The summed E-state index contributed by atoms with van der Waals surface area (Å²) in [6, 6.07) is 15.5. The predicted molar refractivity (Wildman–Crippen MR) is 116 cm³/mol. The van der Waals surface area contributed by atoms with Crippen LogP contribution in [-0.2, 0) is 28.7 Å². The largest absolute Gasteiger partial charge is 0.259 e. The molecule has 142 valence electrons. The Labute approximate surface area is 175 Å². The van der Waals surface area contributed by atoms with E-state index in [9.17, 15) is 4.21 Å². The van der Waals surface area contributed by atoms with Crippen molar-refractivity contribution in [1.29, 1.82) is 0 Å². The van der Waals surface area contributed by atoms with Gasteiger partial charge < -0.3 is 0 Å². The molecule has 0 amide bonds. The van der Waals surface area contributed by atoms with Crippen molar-refractivity contribution in [1.82, 2.24) is 15.0 Å². The molecule has 1 atom stereocenters. The molecule has 2 aromatic heterocycles. The number of para-hydroxylation sites is 2. The Balaban J connectivity index is 1.42. The fourth-order valence-corrected chi connectivity index (χ4v) is 5.12. The molecule has 2 heterocycles. The number of thiazole rings is 1. The Kier molecular flexibility index (Phi) is 5.80. The maximum atomic E-state index is 12.7. The molecular weight excluding hydrogens is 410 g/mol. The molecule has 4 aromatic rings. The van der Waals surface area contributed by atoms with Crippen LogP contribution in [0, 0.1) is 6.92 Å². The minimum atomic E-state index is -1.09. The topological polar surface area (TPSA) is 55.7 Å². The Bertz CT molecular complexity index is 1140. The zero-order valence-corrected chi connectivity index (χ0v) is 17.7. The quantitative estimate of drug-likeness (QED) is 0.430. The fourth-order valence-electron chi connectivity index (χ4n) is 2.90. The lowest BCUT2D eigenvalue weighted by Crippen LogP contribution is -2.05. The van der Waals surface area contributed by atoms with Gasteiger partial charge in [-0.25, -0.2) is 15.0 Å². The molecule has 0 radical (unpaired) electrons. The third-order valence-electron chi connectivity index (χ3n) is 4.32. The average molecular weight is 428 g/mol. The van der Waals surface area contributed by atoms with E-state index in [1.165, 1.54) is 0 Å². The SMILES string of the molecule is Cc1nc2ccccc2nc1C[S@@](=O)Cc1csc(Cc2ccc(Cl)cc2)n1. The van der Waals surface area contributed by atoms with Crippen LogP contribution in [0.4, 0.5) is 0 Å². The van der Waals surface area contributed by atoms with Gasteiger partial charge in [0, 0.05) is 27.6 Å². The molecule has 0 saturated carbocycles. The normalized spacial score (nSPS) is 12.4. The number of hydrogen-bond acceptors (Lipinski definition) is 5. The van der Waals surface area contributed by atoms with E-state index in [1.54, 1.807) is 11.3 Å². The number of rotatable bonds is 6. The van der Waals surface area contributed by atoms with Crippen molar-refractivity contribution in [3.63, 3.8) is 0 Å². The maximum absolute atomic E-state index is 12.7. The van der Waals surface area contributed by atoms with E-state index in [1.807, 2.05) is 60.8 Å². The summed E-state index contributed by atoms with van der Waals surface area (Å²) in [5.74, 6) is 0.804. The summed E-state index contributed by atoms with van der Waals surface area (Å²) in [5.41, 5.74) is 5.33. The van der Waals surface area contributed by atoms with Crippen LogP contribution < -0.4 is 0 Å². The van der Waals surface area contributed by atoms with Crippen molar-refractivity contribution in [3.05, 3.63) is 86.6 Å². The molecule has 0 N–H and O–H groups in total. The molecule has 4 nitrogen and oxygen atoms in total.